The van der Waals surface area contributed by atoms with Gasteiger partial charge in [-0.05, 0) is 27.2 Å². The first-order valence-corrected chi connectivity index (χ1v) is 8.40. The third kappa shape index (κ3) is 3.70. The molecule has 0 unspecified atom stereocenters. The summed E-state index contributed by atoms with van der Waals surface area (Å²) in [5.74, 6) is 0.796. The van der Waals surface area contributed by atoms with Crippen LogP contribution < -0.4 is 10.6 Å². The van der Waals surface area contributed by atoms with Crippen molar-refractivity contribution in [3.8, 4) is 0 Å². The largest absolute Gasteiger partial charge is 0.375 e. The van der Waals surface area contributed by atoms with Crippen LogP contribution in [0.2, 0.25) is 0 Å². The minimum absolute atomic E-state index is 0.0373. The molecule has 2 N–H and O–H groups in total. The van der Waals surface area contributed by atoms with Crippen LogP contribution in [0.25, 0.3) is 0 Å². The van der Waals surface area contributed by atoms with Crippen LogP contribution in [0.3, 0.4) is 0 Å². The van der Waals surface area contributed by atoms with Gasteiger partial charge in [-0.1, -0.05) is 16.5 Å². The number of carbonyl (C=O) groups is 1. The number of nitrogens with one attached hydrogen (secondary N) is 2. The van der Waals surface area contributed by atoms with Crippen LogP contribution in [0.5, 0.6) is 0 Å². The van der Waals surface area contributed by atoms with Gasteiger partial charge < -0.3 is 14.6 Å². The topological polar surface area (TPSA) is 89.3 Å². The lowest BCUT2D eigenvalue weighted by molar-refractivity contribution is 0.112. The van der Waals surface area contributed by atoms with Crippen molar-refractivity contribution in [2.75, 3.05) is 11.9 Å². The number of hydrogen-bond donors (Lipinski definition) is 2. The van der Waals surface area contributed by atoms with Crippen LogP contribution >= 0.6 is 11.3 Å². The van der Waals surface area contributed by atoms with Crippen molar-refractivity contribution in [2.24, 2.45) is 0 Å². The molecule has 0 spiro atoms. The summed E-state index contributed by atoms with van der Waals surface area (Å²) >= 11 is 1.47. The molecule has 3 rings (SSSR count). The number of carbonyl (C=O) groups excluding carboxylic acids is 1. The van der Waals surface area contributed by atoms with Crippen LogP contribution in [0.1, 0.15) is 34.5 Å². The molecule has 0 aliphatic carbocycles. The number of nitrogens with zero attached hydrogens (tertiary/aromatic N) is 2. The van der Waals surface area contributed by atoms with Crippen LogP contribution in [-0.2, 0) is 24.2 Å². The molecule has 0 radical (unpaired) electrons. The molecule has 2 amide bonds. The van der Waals surface area contributed by atoms with E-state index in [2.05, 4.69) is 20.8 Å². The molecule has 8 heteroatoms. The predicted octanol–water partition coefficient (Wildman–Crippen LogP) is 2.57. The summed E-state index contributed by atoms with van der Waals surface area (Å²) in [4.78, 5) is 17.6. The first kappa shape index (κ1) is 15.9. The molecule has 0 saturated carbocycles. The number of anilines is 1. The van der Waals surface area contributed by atoms with E-state index in [4.69, 9.17) is 9.26 Å². The van der Waals surface area contributed by atoms with Gasteiger partial charge in [0.25, 0.3) is 0 Å². The second kappa shape index (κ2) is 6.67. The van der Waals surface area contributed by atoms with Gasteiger partial charge in [0.05, 0.1) is 29.5 Å². The molecule has 1 atom stereocenters. The molecule has 0 bridgehead atoms. The molecule has 1 aliphatic rings. The van der Waals surface area contributed by atoms with Crippen molar-refractivity contribution in [2.45, 2.75) is 46.3 Å². The van der Waals surface area contributed by atoms with Gasteiger partial charge >= 0.3 is 6.03 Å². The van der Waals surface area contributed by atoms with Gasteiger partial charge in [-0.2, -0.15) is 0 Å². The van der Waals surface area contributed by atoms with Gasteiger partial charge in [-0.25, -0.2) is 9.78 Å². The van der Waals surface area contributed by atoms with E-state index in [1.807, 2.05) is 20.8 Å². The van der Waals surface area contributed by atoms with Crippen LogP contribution in [-0.4, -0.2) is 28.8 Å². The number of thiazole rings is 1. The zero-order chi connectivity index (χ0) is 16.4. The highest BCUT2D eigenvalue weighted by atomic mass is 32.1. The Morgan fingerprint density at radius 1 is 1.43 bits per heavy atom. The highest BCUT2D eigenvalue weighted by Crippen LogP contribution is 2.26. The average molecular weight is 336 g/mol. The van der Waals surface area contributed by atoms with E-state index in [1.165, 1.54) is 11.3 Å². The van der Waals surface area contributed by atoms with Crippen LogP contribution in [0, 0.1) is 13.8 Å². The Morgan fingerprint density at radius 3 is 2.96 bits per heavy atom. The second-order valence-corrected chi connectivity index (χ2v) is 6.78. The van der Waals surface area contributed by atoms with E-state index in [0.717, 1.165) is 34.0 Å². The number of amides is 2. The van der Waals surface area contributed by atoms with Crippen molar-refractivity contribution in [1.82, 2.24) is 15.5 Å². The molecule has 1 aliphatic heterocycles. The summed E-state index contributed by atoms with van der Waals surface area (Å²) in [5.41, 5.74) is 2.93. The monoisotopic (exact) mass is 336 g/mol. The summed E-state index contributed by atoms with van der Waals surface area (Å²) in [6.45, 7) is 7.01. The lowest BCUT2D eigenvalue weighted by Gasteiger charge is -2.13. The molecule has 0 fully saturated rings. The average Bonchev–Trinajstić information content (AvgIpc) is 3.04. The predicted molar refractivity (Wildman–Crippen MR) is 86.8 cm³/mol. The fraction of sp³-hybridized carbons (Fsp3) is 0.533. The van der Waals surface area contributed by atoms with Crippen molar-refractivity contribution in [1.29, 1.82) is 0 Å². The van der Waals surface area contributed by atoms with Gasteiger partial charge in [0, 0.05) is 18.0 Å². The van der Waals surface area contributed by atoms with E-state index >= 15 is 0 Å². The number of aromatic nitrogens is 2. The van der Waals surface area contributed by atoms with E-state index in [1.54, 1.807) is 0 Å². The SMILES string of the molecule is Cc1noc(C)c1C[C@H](C)NC(=O)Nc1nc2c(s1)COCC2. The molecular weight excluding hydrogens is 316 g/mol. The molecule has 0 aromatic carbocycles. The van der Waals surface area contributed by atoms with Crippen LogP contribution in [0.15, 0.2) is 4.52 Å². The summed E-state index contributed by atoms with van der Waals surface area (Å²) in [7, 11) is 0. The van der Waals surface area contributed by atoms with Crippen molar-refractivity contribution in [3.63, 3.8) is 0 Å². The Bertz CT molecular complexity index is 667. The van der Waals surface area contributed by atoms with Crippen molar-refractivity contribution < 1.29 is 14.1 Å². The maximum absolute atomic E-state index is 12.1. The number of fused-ring (bicyclic) bond motifs is 1. The Labute approximate surface area is 138 Å². The fourth-order valence-electron chi connectivity index (χ4n) is 2.59. The minimum atomic E-state index is -0.253. The van der Waals surface area contributed by atoms with Gasteiger partial charge in [-0.3, -0.25) is 5.32 Å². The molecule has 2 aromatic rings. The summed E-state index contributed by atoms with van der Waals surface area (Å²) in [6.07, 6.45) is 1.48. The first-order chi connectivity index (χ1) is 11.0. The second-order valence-electron chi connectivity index (χ2n) is 5.70. The molecule has 3 heterocycles. The minimum Gasteiger partial charge on any atom is -0.375 e. The third-order valence-corrected chi connectivity index (χ3v) is 4.77. The quantitative estimate of drug-likeness (QED) is 0.896. The van der Waals surface area contributed by atoms with E-state index in [-0.39, 0.29) is 12.1 Å². The Kier molecular flexibility index (Phi) is 4.63. The van der Waals surface area contributed by atoms with Gasteiger partial charge in [0.15, 0.2) is 5.13 Å². The maximum atomic E-state index is 12.1. The highest BCUT2D eigenvalue weighted by molar-refractivity contribution is 7.15. The zero-order valence-corrected chi connectivity index (χ0v) is 14.2. The van der Waals surface area contributed by atoms with E-state index < -0.39 is 0 Å². The standard InChI is InChI=1S/C15H20N4O3S/c1-8(6-11-9(2)19-22-10(11)3)16-14(20)18-15-17-12-4-5-21-7-13(12)23-15/h8H,4-7H2,1-3H3,(H2,16,17,18,20)/t8-/m0/s1. The van der Waals surface area contributed by atoms with Crippen LogP contribution in [0.4, 0.5) is 9.93 Å². The highest BCUT2D eigenvalue weighted by Gasteiger charge is 2.18. The Hall–Kier alpha value is -1.93. The molecule has 7 nitrogen and oxygen atoms in total. The molecule has 23 heavy (non-hydrogen) atoms. The number of hydrogen-bond acceptors (Lipinski definition) is 6. The summed E-state index contributed by atoms with van der Waals surface area (Å²) in [6, 6.07) is -0.291. The summed E-state index contributed by atoms with van der Waals surface area (Å²) < 4.78 is 10.5. The van der Waals surface area contributed by atoms with E-state index in [0.29, 0.717) is 24.8 Å². The first-order valence-electron chi connectivity index (χ1n) is 7.58. The molecule has 124 valence electrons. The normalized spacial score (nSPS) is 15.1. The third-order valence-electron chi connectivity index (χ3n) is 3.78. The van der Waals surface area contributed by atoms with Gasteiger partial charge in [-0.15, -0.1) is 0 Å². The Balaban J connectivity index is 1.55. The van der Waals surface area contributed by atoms with Crippen molar-refractivity contribution in [3.05, 3.63) is 27.6 Å². The molecule has 0 saturated heterocycles. The van der Waals surface area contributed by atoms with Gasteiger partial charge in [0.2, 0.25) is 0 Å². The molecule has 2 aromatic heterocycles. The Morgan fingerprint density at radius 2 is 2.26 bits per heavy atom. The number of ether oxygens (including phenoxy) is 1. The smallest absolute Gasteiger partial charge is 0.321 e. The van der Waals surface area contributed by atoms with Gasteiger partial charge in [0.1, 0.15) is 5.76 Å². The fourth-order valence-corrected chi connectivity index (χ4v) is 3.53. The van der Waals surface area contributed by atoms with Crippen molar-refractivity contribution >= 4 is 22.5 Å². The summed E-state index contributed by atoms with van der Waals surface area (Å²) in [5, 5.41) is 10.3. The molecular formula is C15H20N4O3S. The van der Waals surface area contributed by atoms with E-state index in [9.17, 15) is 4.79 Å². The lowest BCUT2D eigenvalue weighted by atomic mass is 10.1. The number of urea groups is 1. The number of aryl methyl sites for hydroxylation is 2. The lowest BCUT2D eigenvalue weighted by Crippen LogP contribution is -2.37. The zero-order valence-electron chi connectivity index (χ0n) is 13.4. The number of rotatable bonds is 4. The maximum Gasteiger partial charge on any atom is 0.321 e.